The molecular formula is C19H21N3O7S. The highest BCUT2D eigenvalue weighted by atomic mass is 32.2. The summed E-state index contributed by atoms with van der Waals surface area (Å²) in [5, 5.41) is 2.65. The molecule has 0 aliphatic heterocycles. The molecule has 2 amide bonds. The summed E-state index contributed by atoms with van der Waals surface area (Å²) < 4.78 is 36.4. The topological polar surface area (TPSA) is 141 Å². The lowest BCUT2D eigenvalue weighted by atomic mass is 10.2. The number of amides is 2. The molecule has 2 aromatic rings. The van der Waals surface area contributed by atoms with Gasteiger partial charge < -0.3 is 14.8 Å². The van der Waals surface area contributed by atoms with Gasteiger partial charge in [-0.15, -0.1) is 0 Å². The highest BCUT2D eigenvalue weighted by Gasteiger charge is 2.21. The van der Waals surface area contributed by atoms with E-state index in [1.807, 2.05) is 4.72 Å². The van der Waals surface area contributed by atoms with E-state index in [0.29, 0.717) is 19.6 Å². The maximum atomic E-state index is 12.5. The molecule has 2 N–H and O–H groups in total. The van der Waals surface area contributed by atoms with Crippen molar-refractivity contribution in [2.45, 2.75) is 11.3 Å². The number of benzene rings is 1. The van der Waals surface area contributed by atoms with Crippen molar-refractivity contribution in [3.05, 3.63) is 59.4 Å². The van der Waals surface area contributed by atoms with Crippen LogP contribution in [0.1, 0.15) is 37.6 Å². The van der Waals surface area contributed by atoms with Gasteiger partial charge in [-0.1, -0.05) is 6.07 Å². The Bertz CT molecular complexity index is 1020. The fraction of sp³-hybridized carbons (Fsp3) is 0.263. The molecule has 0 atom stereocenters. The number of carbonyl (C=O) groups is 3. The smallest absolute Gasteiger partial charge is 0.356 e. The molecule has 0 radical (unpaired) electrons. The van der Waals surface area contributed by atoms with Gasteiger partial charge in [-0.05, 0) is 36.8 Å². The van der Waals surface area contributed by atoms with E-state index in [1.165, 1.54) is 43.5 Å². The normalized spacial score (nSPS) is 10.9. The van der Waals surface area contributed by atoms with Gasteiger partial charge in [-0.2, -0.15) is 0 Å². The quantitative estimate of drug-likeness (QED) is 0.434. The summed E-state index contributed by atoms with van der Waals surface area (Å²) in [6.07, 6.45) is 1.67. The van der Waals surface area contributed by atoms with E-state index >= 15 is 0 Å². The highest BCUT2D eigenvalue weighted by molar-refractivity contribution is 7.90. The third-order valence-corrected chi connectivity index (χ3v) is 5.19. The molecule has 11 heteroatoms. The van der Waals surface area contributed by atoms with Crippen molar-refractivity contribution in [2.24, 2.45) is 0 Å². The van der Waals surface area contributed by atoms with Crippen LogP contribution in [0.15, 0.2) is 47.5 Å². The number of methoxy groups -OCH3 is 2. The van der Waals surface area contributed by atoms with Crippen molar-refractivity contribution in [3.63, 3.8) is 0 Å². The van der Waals surface area contributed by atoms with Gasteiger partial charge in [0, 0.05) is 32.0 Å². The lowest BCUT2D eigenvalue weighted by Crippen LogP contribution is -2.31. The van der Waals surface area contributed by atoms with Crippen LogP contribution < -0.4 is 10.0 Å². The number of pyridine rings is 1. The Hall–Kier alpha value is -3.31. The second kappa shape index (κ2) is 10.5. The SMILES string of the molecule is COCCCNC(=O)c1cccc(S(=O)(=O)NC(=O)c2ccc(C(=O)OC)nc2)c1. The summed E-state index contributed by atoms with van der Waals surface area (Å²) in [7, 11) is -1.51. The molecule has 2 rings (SSSR count). The van der Waals surface area contributed by atoms with Gasteiger partial charge >= 0.3 is 5.97 Å². The largest absolute Gasteiger partial charge is 0.464 e. The van der Waals surface area contributed by atoms with Crippen molar-refractivity contribution in [3.8, 4) is 0 Å². The third kappa shape index (κ3) is 6.09. The molecule has 0 bridgehead atoms. The zero-order chi connectivity index (χ0) is 22.1. The average molecular weight is 435 g/mol. The Labute approximate surface area is 173 Å². The van der Waals surface area contributed by atoms with Gasteiger partial charge in [0.25, 0.3) is 21.8 Å². The maximum Gasteiger partial charge on any atom is 0.356 e. The number of aromatic nitrogens is 1. The van der Waals surface area contributed by atoms with E-state index in [2.05, 4.69) is 15.0 Å². The van der Waals surface area contributed by atoms with E-state index in [0.717, 1.165) is 6.20 Å². The molecule has 1 aromatic heterocycles. The number of hydrogen-bond donors (Lipinski definition) is 2. The third-order valence-electron chi connectivity index (χ3n) is 3.86. The second-order valence-electron chi connectivity index (χ2n) is 5.99. The van der Waals surface area contributed by atoms with Crippen LogP contribution in [0.5, 0.6) is 0 Å². The molecule has 0 saturated carbocycles. The van der Waals surface area contributed by atoms with Crippen LogP contribution in [0.2, 0.25) is 0 Å². The first-order chi connectivity index (χ1) is 14.3. The van der Waals surface area contributed by atoms with E-state index in [1.54, 1.807) is 7.11 Å². The fourth-order valence-corrected chi connectivity index (χ4v) is 3.34. The summed E-state index contributed by atoms with van der Waals surface area (Å²) in [6.45, 7) is 0.852. The van der Waals surface area contributed by atoms with E-state index in [-0.39, 0.29) is 21.7 Å². The first-order valence-electron chi connectivity index (χ1n) is 8.77. The van der Waals surface area contributed by atoms with Gasteiger partial charge in [-0.25, -0.2) is 22.9 Å². The number of nitrogens with zero attached hydrogens (tertiary/aromatic N) is 1. The number of nitrogens with one attached hydrogen (secondary N) is 2. The van der Waals surface area contributed by atoms with E-state index < -0.39 is 27.8 Å². The first kappa shape index (κ1) is 23.0. The summed E-state index contributed by atoms with van der Waals surface area (Å²) in [5.74, 6) is -2.07. The van der Waals surface area contributed by atoms with Crippen LogP contribution in [-0.2, 0) is 19.5 Å². The summed E-state index contributed by atoms with van der Waals surface area (Å²) in [4.78, 5) is 39.3. The standard InChI is InChI=1S/C19H21N3O7S/c1-28-10-4-9-20-17(23)13-5-3-6-15(11-13)30(26,27)22-18(24)14-7-8-16(21-12-14)19(25)29-2/h3,5-8,11-12H,4,9-10H2,1-2H3,(H,20,23)(H,22,24). The lowest BCUT2D eigenvalue weighted by molar-refractivity contribution is 0.0593. The zero-order valence-electron chi connectivity index (χ0n) is 16.4. The Morgan fingerprint density at radius 3 is 2.43 bits per heavy atom. The zero-order valence-corrected chi connectivity index (χ0v) is 17.2. The van der Waals surface area contributed by atoms with Gasteiger partial charge in [0.15, 0.2) is 0 Å². The first-order valence-corrected chi connectivity index (χ1v) is 10.3. The number of carbonyl (C=O) groups excluding carboxylic acids is 3. The van der Waals surface area contributed by atoms with Crippen LogP contribution in [0.4, 0.5) is 0 Å². The molecule has 0 aliphatic rings. The van der Waals surface area contributed by atoms with Gasteiger partial charge in [0.2, 0.25) is 0 Å². The van der Waals surface area contributed by atoms with Gasteiger partial charge in [-0.3, -0.25) is 9.59 Å². The minimum absolute atomic E-state index is 0.0267. The molecule has 1 aromatic carbocycles. The van der Waals surface area contributed by atoms with Crippen LogP contribution in [0.3, 0.4) is 0 Å². The van der Waals surface area contributed by atoms with Crippen molar-refractivity contribution >= 4 is 27.8 Å². The molecule has 0 aliphatic carbocycles. The number of esters is 1. The molecule has 30 heavy (non-hydrogen) atoms. The summed E-state index contributed by atoms with van der Waals surface area (Å²) in [6, 6.07) is 7.77. The van der Waals surface area contributed by atoms with Crippen molar-refractivity contribution in [1.82, 2.24) is 15.0 Å². The summed E-state index contributed by atoms with van der Waals surface area (Å²) in [5.41, 5.74) is 0.0335. The van der Waals surface area contributed by atoms with Crippen LogP contribution in [0, 0.1) is 0 Å². The Kier molecular flexibility index (Phi) is 8.01. The minimum atomic E-state index is -4.24. The second-order valence-corrected chi connectivity index (χ2v) is 7.67. The van der Waals surface area contributed by atoms with Crippen LogP contribution >= 0.6 is 0 Å². The Morgan fingerprint density at radius 2 is 1.80 bits per heavy atom. The van der Waals surface area contributed by atoms with Crippen molar-refractivity contribution < 1.29 is 32.3 Å². The minimum Gasteiger partial charge on any atom is -0.464 e. The monoisotopic (exact) mass is 435 g/mol. The molecule has 0 unspecified atom stereocenters. The van der Waals surface area contributed by atoms with E-state index in [9.17, 15) is 22.8 Å². The van der Waals surface area contributed by atoms with Crippen LogP contribution in [-0.4, -0.2) is 58.6 Å². The highest BCUT2D eigenvalue weighted by Crippen LogP contribution is 2.13. The lowest BCUT2D eigenvalue weighted by Gasteiger charge is -2.09. The molecule has 0 fully saturated rings. The Morgan fingerprint density at radius 1 is 1.03 bits per heavy atom. The van der Waals surface area contributed by atoms with Crippen LogP contribution in [0.25, 0.3) is 0 Å². The number of rotatable bonds is 9. The predicted octanol–water partition coefficient (Wildman–Crippen LogP) is 0.753. The van der Waals surface area contributed by atoms with Crippen molar-refractivity contribution in [2.75, 3.05) is 27.4 Å². The predicted molar refractivity (Wildman–Crippen MR) is 105 cm³/mol. The Balaban J connectivity index is 2.10. The fourth-order valence-electron chi connectivity index (χ4n) is 2.32. The van der Waals surface area contributed by atoms with Gasteiger partial charge in [0.1, 0.15) is 5.69 Å². The van der Waals surface area contributed by atoms with Crippen molar-refractivity contribution in [1.29, 1.82) is 0 Å². The molecule has 10 nitrogen and oxygen atoms in total. The number of hydrogen-bond acceptors (Lipinski definition) is 8. The number of sulfonamides is 1. The molecular weight excluding hydrogens is 414 g/mol. The molecule has 1 heterocycles. The molecule has 160 valence electrons. The summed E-state index contributed by atoms with van der Waals surface area (Å²) >= 11 is 0. The van der Waals surface area contributed by atoms with E-state index in [4.69, 9.17) is 4.74 Å². The number of ether oxygens (including phenoxy) is 2. The van der Waals surface area contributed by atoms with Gasteiger partial charge in [0.05, 0.1) is 17.6 Å². The average Bonchev–Trinajstić information content (AvgIpc) is 2.76. The maximum absolute atomic E-state index is 12.5. The molecule has 0 saturated heterocycles. The molecule has 0 spiro atoms.